The summed E-state index contributed by atoms with van der Waals surface area (Å²) in [5.41, 5.74) is -0.156. The Hall–Kier alpha value is -0.120. The molecule has 3 nitrogen and oxygen atoms in total. The number of aliphatic hydroxyl groups excluding tert-OH is 1. The Labute approximate surface area is 88.5 Å². The van der Waals surface area contributed by atoms with Crippen molar-refractivity contribution in [1.29, 1.82) is 0 Å². The van der Waals surface area contributed by atoms with Crippen molar-refractivity contribution in [2.45, 2.75) is 39.2 Å². The number of hydrogen-bond acceptors (Lipinski definition) is 3. The maximum absolute atomic E-state index is 9.30. The third-order valence-electron chi connectivity index (χ3n) is 2.46. The molecule has 14 heavy (non-hydrogen) atoms. The van der Waals surface area contributed by atoms with Gasteiger partial charge in [-0.05, 0) is 33.5 Å². The monoisotopic (exact) mass is 202 g/mol. The van der Waals surface area contributed by atoms with Crippen LogP contribution in [0.3, 0.4) is 0 Å². The van der Waals surface area contributed by atoms with Gasteiger partial charge in [0.25, 0.3) is 0 Å². The first-order valence-corrected chi connectivity index (χ1v) is 5.62. The van der Waals surface area contributed by atoms with Crippen molar-refractivity contribution in [3.05, 3.63) is 0 Å². The standard InChI is InChI=1S/C11H26N2O/c1-5-7-8-13(4)9-11(3,10-14)12-6-2/h12,14H,5-10H2,1-4H3. The van der Waals surface area contributed by atoms with Gasteiger partial charge >= 0.3 is 0 Å². The third kappa shape index (κ3) is 5.58. The lowest BCUT2D eigenvalue weighted by Crippen LogP contribution is -2.53. The summed E-state index contributed by atoms with van der Waals surface area (Å²) in [6.45, 7) is 9.44. The van der Waals surface area contributed by atoms with Gasteiger partial charge in [-0.15, -0.1) is 0 Å². The molecule has 0 spiro atoms. The molecule has 0 heterocycles. The number of aliphatic hydroxyl groups is 1. The van der Waals surface area contributed by atoms with E-state index in [0.29, 0.717) is 0 Å². The van der Waals surface area contributed by atoms with Crippen LogP contribution in [0, 0.1) is 0 Å². The van der Waals surface area contributed by atoms with Gasteiger partial charge in [-0.25, -0.2) is 0 Å². The van der Waals surface area contributed by atoms with Crippen LogP contribution in [0.1, 0.15) is 33.6 Å². The summed E-state index contributed by atoms with van der Waals surface area (Å²) in [6, 6.07) is 0. The first-order valence-electron chi connectivity index (χ1n) is 5.62. The van der Waals surface area contributed by atoms with Gasteiger partial charge in [-0.2, -0.15) is 0 Å². The van der Waals surface area contributed by atoms with Crippen molar-refractivity contribution >= 4 is 0 Å². The minimum Gasteiger partial charge on any atom is -0.394 e. The molecule has 0 amide bonds. The lowest BCUT2D eigenvalue weighted by atomic mass is 10.0. The first-order chi connectivity index (χ1) is 6.58. The fourth-order valence-corrected chi connectivity index (χ4v) is 1.69. The molecule has 0 bridgehead atoms. The Morgan fingerprint density at radius 1 is 1.36 bits per heavy atom. The zero-order valence-electron chi connectivity index (χ0n) is 10.1. The van der Waals surface area contributed by atoms with Crippen LogP contribution in [0.2, 0.25) is 0 Å². The van der Waals surface area contributed by atoms with Crippen LogP contribution in [0.5, 0.6) is 0 Å². The van der Waals surface area contributed by atoms with Crippen molar-refractivity contribution in [3.8, 4) is 0 Å². The van der Waals surface area contributed by atoms with Crippen LogP contribution in [-0.4, -0.2) is 48.8 Å². The number of likely N-dealkylation sites (N-methyl/N-ethyl adjacent to an activating group) is 2. The van der Waals surface area contributed by atoms with Crippen LogP contribution < -0.4 is 5.32 Å². The molecule has 0 aliphatic carbocycles. The van der Waals surface area contributed by atoms with E-state index in [1.54, 1.807) is 0 Å². The maximum atomic E-state index is 9.30. The van der Waals surface area contributed by atoms with Gasteiger partial charge in [0.05, 0.1) is 12.1 Å². The van der Waals surface area contributed by atoms with E-state index in [1.165, 1.54) is 12.8 Å². The smallest absolute Gasteiger partial charge is 0.0623 e. The van der Waals surface area contributed by atoms with Crippen LogP contribution in [0.4, 0.5) is 0 Å². The Bertz CT molecular complexity index is 141. The quantitative estimate of drug-likeness (QED) is 0.618. The predicted molar refractivity (Wildman–Crippen MR) is 61.6 cm³/mol. The third-order valence-corrected chi connectivity index (χ3v) is 2.46. The molecule has 3 heteroatoms. The highest BCUT2D eigenvalue weighted by Crippen LogP contribution is 2.05. The van der Waals surface area contributed by atoms with Crippen LogP contribution >= 0.6 is 0 Å². The second kappa shape index (κ2) is 7.21. The Kier molecular flexibility index (Phi) is 7.15. The molecule has 1 atom stereocenters. The van der Waals surface area contributed by atoms with E-state index < -0.39 is 0 Å². The molecule has 0 aromatic heterocycles. The van der Waals surface area contributed by atoms with Gasteiger partial charge < -0.3 is 15.3 Å². The van der Waals surface area contributed by atoms with E-state index in [1.807, 2.05) is 0 Å². The first kappa shape index (κ1) is 13.9. The van der Waals surface area contributed by atoms with Crippen LogP contribution in [0.15, 0.2) is 0 Å². The largest absolute Gasteiger partial charge is 0.394 e. The summed E-state index contributed by atoms with van der Waals surface area (Å²) in [5, 5.41) is 12.6. The van der Waals surface area contributed by atoms with E-state index in [4.69, 9.17) is 0 Å². The fourth-order valence-electron chi connectivity index (χ4n) is 1.69. The predicted octanol–water partition coefficient (Wildman–Crippen LogP) is 1.08. The van der Waals surface area contributed by atoms with Crippen LogP contribution in [-0.2, 0) is 0 Å². The van der Waals surface area contributed by atoms with Crippen molar-refractivity contribution in [2.75, 3.05) is 33.3 Å². The van der Waals surface area contributed by atoms with Gasteiger partial charge in [0.15, 0.2) is 0 Å². The molecule has 0 saturated carbocycles. The summed E-state index contributed by atoms with van der Waals surface area (Å²) in [7, 11) is 2.11. The lowest BCUT2D eigenvalue weighted by Gasteiger charge is -2.33. The summed E-state index contributed by atoms with van der Waals surface area (Å²) in [6.07, 6.45) is 2.45. The molecule has 0 aliphatic rings. The molecule has 2 N–H and O–H groups in total. The van der Waals surface area contributed by atoms with Crippen LogP contribution in [0.25, 0.3) is 0 Å². The van der Waals surface area contributed by atoms with Crippen molar-refractivity contribution in [3.63, 3.8) is 0 Å². The normalized spacial score (nSPS) is 15.9. The SMILES string of the molecule is CCCCN(C)CC(C)(CO)NCC. The highest BCUT2D eigenvalue weighted by atomic mass is 16.3. The van der Waals surface area contributed by atoms with E-state index >= 15 is 0 Å². The Morgan fingerprint density at radius 3 is 2.43 bits per heavy atom. The topological polar surface area (TPSA) is 35.5 Å². The van der Waals surface area contributed by atoms with E-state index in [-0.39, 0.29) is 12.1 Å². The van der Waals surface area contributed by atoms with Crippen molar-refractivity contribution < 1.29 is 5.11 Å². The number of rotatable bonds is 8. The molecular weight excluding hydrogens is 176 g/mol. The average Bonchev–Trinajstić information content (AvgIpc) is 2.15. The van der Waals surface area contributed by atoms with Gasteiger partial charge in [0.1, 0.15) is 0 Å². The molecule has 0 saturated heterocycles. The summed E-state index contributed by atoms with van der Waals surface area (Å²) >= 11 is 0. The molecule has 0 aliphatic heterocycles. The molecule has 1 unspecified atom stereocenters. The minimum atomic E-state index is -0.156. The molecule has 0 rings (SSSR count). The maximum Gasteiger partial charge on any atom is 0.0623 e. The second-order valence-corrected chi connectivity index (χ2v) is 4.34. The molecule has 0 fully saturated rings. The molecule has 0 aromatic carbocycles. The van der Waals surface area contributed by atoms with E-state index in [9.17, 15) is 5.11 Å². The Balaban J connectivity index is 3.89. The lowest BCUT2D eigenvalue weighted by molar-refractivity contribution is 0.133. The fraction of sp³-hybridized carbons (Fsp3) is 1.00. The Morgan fingerprint density at radius 2 is 2.00 bits per heavy atom. The summed E-state index contributed by atoms with van der Waals surface area (Å²) in [5.74, 6) is 0. The molecular formula is C11H26N2O. The summed E-state index contributed by atoms with van der Waals surface area (Å²) in [4.78, 5) is 2.28. The number of unbranched alkanes of at least 4 members (excludes halogenated alkanes) is 1. The average molecular weight is 202 g/mol. The van der Waals surface area contributed by atoms with Gasteiger partial charge in [-0.3, -0.25) is 0 Å². The highest BCUT2D eigenvalue weighted by molar-refractivity contribution is 4.84. The second-order valence-electron chi connectivity index (χ2n) is 4.34. The zero-order chi connectivity index (χ0) is 11.0. The minimum absolute atomic E-state index is 0.156. The van der Waals surface area contributed by atoms with Crippen molar-refractivity contribution in [1.82, 2.24) is 10.2 Å². The number of nitrogens with one attached hydrogen (secondary N) is 1. The van der Waals surface area contributed by atoms with E-state index in [2.05, 4.69) is 38.0 Å². The number of hydrogen-bond donors (Lipinski definition) is 2. The zero-order valence-corrected chi connectivity index (χ0v) is 10.1. The highest BCUT2D eigenvalue weighted by Gasteiger charge is 2.23. The molecule has 0 aromatic rings. The van der Waals surface area contributed by atoms with Gasteiger partial charge in [0.2, 0.25) is 0 Å². The number of nitrogens with zero attached hydrogens (tertiary/aromatic N) is 1. The van der Waals surface area contributed by atoms with Crippen molar-refractivity contribution in [2.24, 2.45) is 0 Å². The molecule has 0 radical (unpaired) electrons. The van der Waals surface area contributed by atoms with Gasteiger partial charge in [-0.1, -0.05) is 20.3 Å². The van der Waals surface area contributed by atoms with Gasteiger partial charge in [0, 0.05) is 6.54 Å². The summed E-state index contributed by atoms with van der Waals surface area (Å²) < 4.78 is 0. The van der Waals surface area contributed by atoms with E-state index in [0.717, 1.165) is 19.6 Å². The molecule has 86 valence electrons.